The molecule has 144 valence electrons. The van der Waals surface area contributed by atoms with Crippen molar-refractivity contribution < 1.29 is 24.5 Å². The Bertz CT molecular complexity index is 432. The fourth-order valence-electron chi connectivity index (χ4n) is 2.98. The van der Waals surface area contributed by atoms with Crippen LogP contribution in [0.15, 0.2) is 24.3 Å². The molecule has 0 aromatic rings. The Morgan fingerprint density at radius 2 is 2.04 bits per heavy atom. The Kier molecular flexibility index (Phi) is 10.9. The Hall–Kier alpha value is -1.01. The van der Waals surface area contributed by atoms with Crippen LogP contribution in [0.4, 0.5) is 0 Å². The molecule has 0 aliphatic carbocycles. The summed E-state index contributed by atoms with van der Waals surface area (Å²) < 4.78 is 11.8. The van der Waals surface area contributed by atoms with Crippen LogP contribution in [0.25, 0.3) is 0 Å². The number of aliphatic hydroxyl groups is 2. The van der Waals surface area contributed by atoms with Gasteiger partial charge < -0.3 is 19.7 Å². The molecule has 1 fully saturated rings. The first-order valence-electron chi connectivity index (χ1n) is 9.39. The summed E-state index contributed by atoms with van der Waals surface area (Å²) in [4.78, 5) is 11.8. The molecule has 0 radical (unpaired) electrons. The molecule has 0 aromatic heterocycles. The van der Waals surface area contributed by atoms with Crippen molar-refractivity contribution in [1.29, 1.82) is 0 Å². The number of hydrogen-bond donors (Lipinski definition) is 2. The lowest BCUT2D eigenvalue weighted by molar-refractivity contribution is -0.275. The molecule has 0 amide bonds. The number of carbonyl (C=O) groups is 1. The van der Waals surface area contributed by atoms with Crippen molar-refractivity contribution in [3.8, 4) is 0 Å². The van der Waals surface area contributed by atoms with E-state index in [2.05, 4.69) is 0 Å². The van der Waals surface area contributed by atoms with Crippen molar-refractivity contribution >= 4 is 5.78 Å². The van der Waals surface area contributed by atoms with E-state index in [1.165, 1.54) is 0 Å². The van der Waals surface area contributed by atoms with Crippen molar-refractivity contribution in [3.05, 3.63) is 24.3 Å². The van der Waals surface area contributed by atoms with Crippen LogP contribution in [-0.2, 0) is 14.3 Å². The summed E-state index contributed by atoms with van der Waals surface area (Å²) >= 11 is 0. The predicted octanol–water partition coefficient (Wildman–Crippen LogP) is 3.29. The second-order valence-corrected chi connectivity index (χ2v) is 6.65. The molecule has 0 saturated carbocycles. The number of rotatable bonds is 12. The number of aliphatic hydroxyl groups excluding tert-OH is 2. The summed E-state index contributed by atoms with van der Waals surface area (Å²) in [5.41, 5.74) is 0. The topological polar surface area (TPSA) is 76.0 Å². The third-order valence-corrected chi connectivity index (χ3v) is 4.40. The highest BCUT2D eigenvalue weighted by molar-refractivity contribution is 5.78. The van der Waals surface area contributed by atoms with Gasteiger partial charge in [-0.15, -0.1) is 0 Å². The number of carbonyl (C=O) groups excluding carboxylic acids is 1. The summed E-state index contributed by atoms with van der Waals surface area (Å²) in [5.74, 6) is -0.718. The zero-order valence-electron chi connectivity index (χ0n) is 15.7. The Balaban J connectivity index is 2.38. The van der Waals surface area contributed by atoms with Crippen molar-refractivity contribution in [2.75, 3.05) is 13.2 Å². The predicted molar refractivity (Wildman–Crippen MR) is 98.2 cm³/mol. The van der Waals surface area contributed by atoms with Gasteiger partial charge in [0.15, 0.2) is 5.79 Å². The Morgan fingerprint density at radius 3 is 2.72 bits per heavy atom. The van der Waals surface area contributed by atoms with Gasteiger partial charge in [0, 0.05) is 25.7 Å². The number of hydrogen-bond acceptors (Lipinski definition) is 5. The van der Waals surface area contributed by atoms with Crippen LogP contribution in [0.3, 0.4) is 0 Å². The van der Waals surface area contributed by atoms with Crippen LogP contribution < -0.4 is 0 Å². The molecule has 0 aromatic carbocycles. The molecule has 25 heavy (non-hydrogen) atoms. The average Bonchev–Trinajstić information content (AvgIpc) is 2.55. The number of ketones is 1. The highest BCUT2D eigenvalue weighted by Crippen LogP contribution is 2.31. The smallest absolute Gasteiger partial charge is 0.171 e. The minimum Gasteiger partial charge on any atom is -0.393 e. The van der Waals surface area contributed by atoms with Crippen LogP contribution >= 0.6 is 0 Å². The van der Waals surface area contributed by atoms with E-state index in [1.807, 2.05) is 38.2 Å². The summed E-state index contributed by atoms with van der Waals surface area (Å²) in [7, 11) is 0. The summed E-state index contributed by atoms with van der Waals surface area (Å²) in [6.07, 6.45) is 11.1. The molecule has 1 saturated heterocycles. The van der Waals surface area contributed by atoms with E-state index in [0.717, 1.165) is 12.8 Å². The molecule has 3 atom stereocenters. The van der Waals surface area contributed by atoms with Crippen molar-refractivity contribution in [1.82, 2.24) is 0 Å². The molecular weight excluding hydrogens is 320 g/mol. The minimum absolute atomic E-state index is 0.0673. The van der Waals surface area contributed by atoms with E-state index in [9.17, 15) is 15.0 Å². The van der Waals surface area contributed by atoms with E-state index in [0.29, 0.717) is 45.3 Å². The zero-order chi connectivity index (χ0) is 18.5. The van der Waals surface area contributed by atoms with Crippen molar-refractivity contribution in [2.45, 2.75) is 83.2 Å². The standard InChI is InChI=1S/C20H34O5/c1-3-5-7-9-17(21)15-18(22)10-13-24-20(12-8-6-4-2)16-19(23)11-14-25-20/h3-6,18-19,22-23H,7-16H2,1-2H3. The van der Waals surface area contributed by atoms with Crippen LogP contribution in [-0.4, -0.2) is 47.2 Å². The monoisotopic (exact) mass is 354 g/mol. The van der Waals surface area contributed by atoms with Gasteiger partial charge in [-0.25, -0.2) is 0 Å². The molecule has 1 aliphatic rings. The molecule has 0 bridgehead atoms. The lowest BCUT2D eigenvalue weighted by Gasteiger charge is -2.39. The molecular formula is C20H34O5. The van der Waals surface area contributed by atoms with Gasteiger partial charge in [0.25, 0.3) is 0 Å². The first kappa shape index (κ1) is 22.0. The zero-order valence-corrected chi connectivity index (χ0v) is 15.7. The molecule has 1 rings (SSSR count). The number of Topliss-reactive ketones (excluding diaryl/α,β-unsaturated/α-hetero) is 1. The highest BCUT2D eigenvalue weighted by atomic mass is 16.7. The van der Waals surface area contributed by atoms with Gasteiger partial charge >= 0.3 is 0 Å². The average molecular weight is 354 g/mol. The summed E-state index contributed by atoms with van der Waals surface area (Å²) in [6.45, 7) is 4.68. The molecule has 1 heterocycles. The lowest BCUT2D eigenvalue weighted by Crippen LogP contribution is -2.44. The van der Waals surface area contributed by atoms with E-state index in [-0.39, 0.29) is 12.2 Å². The maximum atomic E-state index is 11.8. The van der Waals surface area contributed by atoms with Crippen LogP contribution in [0.5, 0.6) is 0 Å². The molecule has 2 N–H and O–H groups in total. The normalized spacial score (nSPS) is 25.7. The second kappa shape index (κ2) is 12.4. The number of allylic oxidation sites excluding steroid dienone is 4. The fourth-order valence-corrected chi connectivity index (χ4v) is 2.98. The van der Waals surface area contributed by atoms with Gasteiger partial charge in [-0.1, -0.05) is 24.3 Å². The third kappa shape index (κ3) is 9.31. The molecule has 3 unspecified atom stereocenters. The third-order valence-electron chi connectivity index (χ3n) is 4.40. The fraction of sp³-hybridized carbons (Fsp3) is 0.750. The Morgan fingerprint density at radius 1 is 1.32 bits per heavy atom. The van der Waals surface area contributed by atoms with Crippen LogP contribution in [0.2, 0.25) is 0 Å². The molecule has 5 nitrogen and oxygen atoms in total. The van der Waals surface area contributed by atoms with Gasteiger partial charge in [-0.3, -0.25) is 4.79 Å². The largest absolute Gasteiger partial charge is 0.393 e. The SMILES string of the molecule is CC=CCCC(=O)CC(O)CCOC1(CCC=CC)CC(O)CCO1. The minimum atomic E-state index is -0.785. The quantitative estimate of drug-likeness (QED) is 0.526. The number of ether oxygens (including phenoxy) is 2. The Labute approximate surface area is 151 Å². The van der Waals surface area contributed by atoms with E-state index in [1.54, 1.807) is 0 Å². The van der Waals surface area contributed by atoms with E-state index >= 15 is 0 Å². The first-order valence-corrected chi connectivity index (χ1v) is 9.39. The summed E-state index contributed by atoms with van der Waals surface area (Å²) in [5, 5.41) is 20.0. The molecule has 1 aliphatic heterocycles. The van der Waals surface area contributed by atoms with Gasteiger partial charge in [0.2, 0.25) is 0 Å². The molecule has 0 spiro atoms. The van der Waals surface area contributed by atoms with Crippen molar-refractivity contribution in [2.24, 2.45) is 0 Å². The second-order valence-electron chi connectivity index (χ2n) is 6.65. The van der Waals surface area contributed by atoms with Gasteiger partial charge in [0.1, 0.15) is 5.78 Å². The maximum absolute atomic E-state index is 11.8. The van der Waals surface area contributed by atoms with Crippen LogP contribution in [0.1, 0.15) is 65.2 Å². The van der Waals surface area contributed by atoms with Gasteiger partial charge in [0.05, 0.1) is 25.4 Å². The first-order chi connectivity index (χ1) is 12.0. The summed E-state index contributed by atoms with van der Waals surface area (Å²) in [6, 6.07) is 0. The van der Waals surface area contributed by atoms with Gasteiger partial charge in [-0.05, 0) is 39.5 Å². The lowest BCUT2D eigenvalue weighted by atomic mass is 9.98. The molecule has 5 heteroatoms. The van der Waals surface area contributed by atoms with Crippen LogP contribution in [0, 0.1) is 0 Å². The van der Waals surface area contributed by atoms with E-state index < -0.39 is 18.0 Å². The van der Waals surface area contributed by atoms with Crippen molar-refractivity contribution in [3.63, 3.8) is 0 Å². The van der Waals surface area contributed by atoms with Gasteiger partial charge in [-0.2, -0.15) is 0 Å². The van der Waals surface area contributed by atoms with E-state index in [4.69, 9.17) is 9.47 Å². The maximum Gasteiger partial charge on any atom is 0.171 e. The highest BCUT2D eigenvalue weighted by Gasteiger charge is 2.37.